The van der Waals surface area contributed by atoms with Gasteiger partial charge in [0, 0.05) is 41.2 Å². The highest BCUT2D eigenvalue weighted by atomic mass is 19.1. The normalized spacial score (nSPS) is 31.2. The first-order chi connectivity index (χ1) is 16.9. The lowest BCUT2D eigenvalue weighted by atomic mass is 9.57. The van der Waals surface area contributed by atoms with E-state index in [2.05, 4.69) is 10.6 Å². The molecule has 3 aliphatic carbocycles. The van der Waals surface area contributed by atoms with E-state index < -0.39 is 58.1 Å². The Bertz CT molecular complexity index is 1290. The van der Waals surface area contributed by atoms with Crippen LogP contribution in [0.1, 0.15) is 35.6 Å². The molecule has 5 atom stereocenters. The number of aliphatic hydroxyl groups is 2. The molecule has 1 fully saturated rings. The average Bonchev–Trinajstić information content (AvgIpc) is 2.83. The number of ketones is 2. The number of rotatable bonds is 3. The van der Waals surface area contributed by atoms with Gasteiger partial charge in [0.05, 0.1) is 16.8 Å². The molecule has 1 saturated carbocycles. The maximum Gasteiger partial charge on any atom is 0.252 e. The molecule has 0 saturated heterocycles. The quantitative estimate of drug-likeness (QED) is 0.194. The first kappa shape index (κ1) is 24.4. The van der Waals surface area contributed by atoms with Crippen molar-refractivity contribution in [2.24, 2.45) is 17.6 Å². The number of Topliss-reactive ketones (excluding diaryl/α,β-unsaturated/α-hetero) is 2. The third-order valence-electron chi connectivity index (χ3n) is 8.21. The summed E-state index contributed by atoms with van der Waals surface area (Å²) in [4.78, 5) is 40.6. The summed E-state index contributed by atoms with van der Waals surface area (Å²) in [6, 6.07) is -1.04. The number of carbonyl (C=O) groups is 3. The summed E-state index contributed by atoms with van der Waals surface area (Å²) in [7, 11) is 5.19. The predicted molar refractivity (Wildman–Crippen MR) is 128 cm³/mol. The molecule has 0 bridgehead atoms. The van der Waals surface area contributed by atoms with Crippen molar-refractivity contribution in [2.45, 2.75) is 36.9 Å². The Morgan fingerprint density at radius 1 is 1.28 bits per heavy atom. The van der Waals surface area contributed by atoms with E-state index in [1.807, 2.05) is 19.0 Å². The molecule has 11 heteroatoms. The van der Waals surface area contributed by atoms with Crippen LogP contribution >= 0.6 is 0 Å². The van der Waals surface area contributed by atoms with Crippen molar-refractivity contribution in [2.75, 3.05) is 33.0 Å². The number of nitrogens with one attached hydrogen (secondary N) is 2. The van der Waals surface area contributed by atoms with Crippen LogP contribution in [0.2, 0.25) is 0 Å². The van der Waals surface area contributed by atoms with Crippen LogP contribution < -0.4 is 16.4 Å². The third kappa shape index (κ3) is 3.02. The zero-order valence-electron chi connectivity index (χ0n) is 20.2. The van der Waals surface area contributed by atoms with Crippen LogP contribution in [0.4, 0.5) is 10.1 Å². The predicted octanol–water partition coefficient (Wildman–Crippen LogP) is 0.293. The number of carbonyl (C=O) groups excluding carboxylic acids is 3. The number of halogens is 1. The molecule has 4 aliphatic rings. The molecule has 192 valence electrons. The molecular formula is C25H29FN4O6. The number of hydrogen-bond donors (Lipinski definition) is 6. The number of phenols is 1. The fraction of sp³-hybridized carbons (Fsp3) is 0.480. The van der Waals surface area contributed by atoms with Gasteiger partial charge in [-0.1, -0.05) is 6.08 Å². The molecule has 1 aromatic carbocycles. The van der Waals surface area contributed by atoms with Gasteiger partial charge >= 0.3 is 0 Å². The number of fused-ring (bicyclic) bond motifs is 4. The lowest BCUT2D eigenvalue weighted by Gasteiger charge is -2.48. The number of benzene rings is 1. The largest absolute Gasteiger partial charge is 0.507 e. The van der Waals surface area contributed by atoms with Crippen LogP contribution in [0.3, 0.4) is 0 Å². The Morgan fingerprint density at radius 2 is 1.97 bits per heavy atom. The number of aromatic hydroxyl groups is 1. The smallest absolute Gasteiger partial charge is 0.252 e. The van der Waals surface area contributed by atoms with E-state index in [1.165, 1.54) is 6.08 Å². The number of nitrogens with two attached hydrogens (primary N) is 1. The van der Waals surface area contributed by atoms with Crippen LogP contribution in [0.25, 0.3) is 5.76 Å². The van der Waals surface area contributed by atoms with Gasteiger partial charge in [0.2, 0.25) is 11.6 Å². The molecule has 0 radical (unpaired) electrons. The van der Waals surface area contributed by atoms with Gasteiger partial charge in [-0.05, 0) is 46.3 Å². The average molecular weight is 501 g/mol. The number of aliphatic hydroxyl groups excluding tert-OH is 1. The van der Waals surface area contributed by atoms with Crippen molar-refractivity contribution < 1.29 is 34.1 Å². The highest BCUT2D eigenvalue weighted by molar-refractivity contribution is 6.32. The fourth-order valence-electron chi connectivity index (χ4n) is 6.47. The third-order valence-corrected chi connectivity index (χ3v) is 8.21. The van der Waals surface area contributed by atoms with Gasteiger partial charge < -0.3 is 36.6 Å². The molecule has 1 amide bonds. The van der Waals surface area contributed by atoms with Crippen molar-refractivity contribution in [3.05, 3.63) is 39.7 Å². The van der Waals surface area contributed by atoms with Crippen molar-refractivity contribution in [1.29, 1.82) is 0 Å². The maximum absolute atomic E-state index is 16.0. The highest BCUT2D eigenvalue weighted by Crippen LogP contribution is 2.54. The van der Waals surface area contributed by atoms with Gasteiger partial charge in [-0.25, -0.2) is 4.39 Å². The Labute approximate surface area is 206 Å². The summed E-state index contributed by atoms with van der Waals surface area (Å²) in [5.41, 5.74) is 2.24. The Morgan fingerprint density at radius 3 is 2.58 bits per heavy atom. The van der Waals surface area contributed by atoms with Crippen LogP contribution in [0.15, 0.2) is 17.2 Å². The minimum atomic E-state index is -2.64. The van der Waals surface area contributed by atoms with Gasteiger partial charge in [-0.2, -0.15) is 0 Å². The number of hydrogen-bond acceptors (Lipinski definition) is 9. The first-order valence-electron chi connectivity index (χ1n) is 11.9. The minimum Gasteiger partial charge on any atom is -0.507 e. The van der Waals surface area contributed by atoms with Crippen LogP contribution in [-0.2, 0) is 20.8 Å². The lowest BCUT2D eigenvalue weighted by molar-refractivity contribution is -0.158. The van der Waals surface area contributed by atoms with Crippen LogP contribution in [0, 0.1) is 17.7 Å². The maximum atomic E-state index is 16.0. The molecule has 1 aromatic rings. The summed E-state index contributed by atoms with van der Waals surface area (Å²) in [6.07, 6.45) is 1.95. The minimum absolute atomic E-state index is 0.0170. The second kappa shape index (κ2) is 8.12. The van der Waals surface area contributed by atoms with Crippen LogP contribution in [-0.4, -0.2) is 77.0 Å². The van der Waals surface area contributed by atoms with Gasteiger partial charge in [-0.15, -0.1) is 0 Å². The topological polar surface area (TPSA) is 165 Å². The molecule has 10 nitrogen and oxygen atoms in total. The number of amides is 1. The molecule has 1 aliphatic heterocycles. The zero-order chi connectivity index (χ0) is 26.3. The molecule has 1 heterocycles. The van der Waals surface area contributed by atoms with E-state index in [4.69, 9.17) is 5.73 Å². The summed E-state index contributed by atoms with van der Waals surface area (Å²) in [5.74, 6) is -6.60. The van der Waals surface area contributed by atoms with Gasteiger partial charge in [0.1, 0.15) is 17.3 Å². The van der Waals surface area contributed by atoms with E-state index >= 15 is 4.39 Å². The monoisotopic (exact) mass is 500 g/mol. The van der Waals surface area contributed by atoms with E-state index in [0.717, 1.165) is 0 Å². The van der Waals surface area contributed by atoms with Crippen molar-refractivity contribution in [3.8, 4) is 5.75 Å². The molecule has 7 N–H and O–H groups in total. The molecule has 0 spiro atoms. The second-order valence-corrected chi connectivity index (χ2v) is 10.2. The molecule has 1 unspecified atom stereocenters. The molecule has 0 aromatic heterocycles. The fourth-order valence-corrected chi connectivity index (χ4v) is 6.47. The Hall–Kier alpha value is -3.28. The van der Waals surface area contributed by atoms with Gasteiger partial charge in [0.15, 0.2) is 5.60 Å². The molecule has 36 heavy (non-hydrogen) atoms. The van der Waals surface area contributed by atoms with E-state index in [0.29, 0.717) is 18.5 Å². The summed E-state index contributed by atoms with van der Waals surface area (Å²) in [5, 5.41) is 39.8. The van der Waals surface area contributed by atoms with E-state index in [-0.39, 0.29) is 47.0 Å². The second-order valence-electron chi connectivity index (χ2n) is 10.2. The van der Waals surface area contributed by atoms with Crippen molar-refractivity contribution in [3.63, 3.8) is 0 Å². The number of phenolic OH excluding ortho intramolecular Hbond substituents is 1. The SMILES string of the molecule is CN[C@@H]1C=C(C(N)=O)C(=O)[C@@]2(O)C(=O)C3=C(O)c4c(O)c5c(c(F)c4C[C@H]3C[C@@H]12)C(N(C)C)CCN5. The zero-order valence-corrected chi connectivity index (χ0v) is 20.2. The number of nitrogens with zero attached hydrogens (tertiary/aromatic N) is 1. The lowest BCUT2D eigenvalue weighted by Crippen LogP contribution is -2.65. The van der Waals surface area contributed by atoms with Gasteiger partial charge in [0.25, 0.3) is 5.91 Å². The summed E-state index contributed by atoms with van der Waals surface area (Å²) < 4.78 is 16.0. The summed E-state index contributed by atoms with van der Waals surface area (Å²) in [6.45, 7) is 0.462. The van der Waals surface area contributed by atoms with Crippen molar-refractivity contribution >= 4 is 28.9 Å². The highest BCUT2D eigenvalue weighted by Gasteiger charge is 2.62. The Kier molecular flexibility index (Phi) is 5.51. The number of anilines is 1. The standard InChI is InChI=1S/C25H29FN4O6/c1-28-13-8-11(24(27)35)22(33)25(36)12(13)7-9-6-10-16(20(31)15(9)23(25)34)21(32)19-17(18(10)26)14(30(2)3)4-5-29-19/h8-9,12-14,28-29,31-32,36H,4-7H2,1-3H3,(H2,27,35)/t9-,12-,13+,14?,25+/m0/s1. The first-order valence-corrected chi connectivity index (χ1v) is 11.9. The van der Waals surface area contributed by atoms with Gasteiger partial charge in [-0.3, -0.25) is 14.4 Å². The number of likely N-dealkylation sites (N-methyl/N-ethyl adjacent to an activating group) is 1. The molecular weight excluding hydrogens is 471 g/mol. The summed E-state index contributed by atoms with van der Waals surface area (Å²) >= 11 is 0. The van der Waals surface area contributed by atoms with Crippen LogP contribution in [0.5, 0.6) is 5.75 Å². The Balaban J connectivity index is 1.71. The number of primary amides is 1. The van der Waals surface area contributed by atoms with E-state index in [9.17, 15) is 29.7 Å². The van der Waals surface area contributed by atoms with E-state index in [1.54, 1.807) is 7.05 Å². The van der Waals surface area contributed by atoms with Crippen molar-refractivity contribution in [1.82, 2.24) is 10.2 Å². The molecule has 5 rings (SSSR count).